The van der Waals surface area contributed by atoms with Crippen LogP contribution in [-0.2, 0) is 11.3 Å². The third-order valence-electron chi connectivity index (χ3n) is 4.81. The van der Waals surface area contributed by atoms with E-state index in [0.29, 0.717) is 0 Å². The van der Waals surface area contributed by atoms with Gasteiger partial charge >= 0.3 is 0 Å². The van der Waals surface area contributed by atoms with Gasteiger partial charge in [-0.25, -0.2) is 0 Å². The average molecular weight is 333 g/mol. The van der Waals surface area contributed by atoms with Crippen molar-refractivity contribution in [2.75, 3.05) is 33.9 Å². The summed E-state index contributed by atoms with van der Waals surface area (Å²) in [5.41, 5.74) is 1.16. The van der Waals surface area contributed by atoms with Crippen LogP contribution in [0.4, 0.5) is 0 Å². The van der Waals surface area contributed by atoms with Crippen molar-refractivity contribution in [1.82, 2.24) is 15.5 Å². The predicted octanol–water partition coefficient (Wildman–Crippen LogP) is 1.15. The van der Waals surface area contributed by atoms with Crippen molar-refractivity contribution in [3.05, 3.63) is 23.8 Å². The number of hydrogen-bond acceptors (Lipinski definition) is 5. The number of hydrogen-bond donors (Lipinski definition) is 2. The second-order valence-corrected chi connectivity index (χ2v) is 6.60. The summed E-state index contributed by atoms with van der Waals surface area (Å²) in [6.07, 6.45) is 3.04. The molecule has 2 aliphatic heterocycles. The van der Waals surface area contributed by atoms with Crippen molar-refractivity contribution in [1.29, 1.82) is 0 Å². The van der Waals surface area contributed by atoms with Gasteiger partial charge in [-0.05, 0) is 43.5 Å². The Morgan fingerprint density at radius 1 is 1.25 bits per heavy atom. The zero-order valence-corrected chi connectivity index (χ0v) is 14.5. The molecule has 24 heavy (non-hydrogen) atoms. The van der Waals surface area contributed by atoms with Crippen LogP contribution in [0.2, 0.25) is 0 Å². The van der Waals surface area contributed by atoms with Gasteiger partial charge in [-0.2, -0.15) is 0 Å². The van der Waals surface area contributed by atoms with E-state index in [1.54, 1.807) is 14.2 Å². The highest BCUT2D eigenvalue weighted by atomic mass is 16.5. The zero-order chi connectivity index (χ0) is 16.9. The Morgan fingerprint density at radius 2 is 2.00 bits per heavy atom. The molecule has 0 aromatic heterocycles. The summed E-state index contributed by atoms with van der Waals surface area (Å²) in [5.74, 6) is 1.77. The summed E-state index contributed by atoms with van der Waals surface area (Å²) < 4.78 is 10.7. The van der Waals surface area contributed by atoms with Gasteiger partial charge < -0.3 is 20.1 Å². The molecule has 2 fully saturated rings. The summed E-state index contributed by atoms with van der Waals surface area (Å²) in [6.45, 7) is 3.66. The number of ether oxygens (including phenoxy) is 2. The number of rotatable bonds is 6. The molecule has 132 valence electrons. The number of benzene rings is 1. The lowest BCUT2D eigenvalue weighted by molar-refractivity contribution is -0.123. The minimum atomic E-state index is 0.00157. The molecule has 0 aliphatic carbocycles. The van der Waals surface area contributed by atoms with Crippen LogP contribution in [0.15, 0.2) is 18.2 Å². The second kappa shape index (κ2) is 7.85. The minimum Gasteiger partial charge on any atom is -0.497 e. The van der Waals surface area contributed by atoms with Crippen LogP contribution in [0.1, 0.15) is 24.8 Å². The second-order valence-electron chi connectivity index (χ2n) is 6.60. The molecule has 6 heteroatoms. The molecule has 0 saturated carbocycles. The molecule has 0 radical (unpaired) electrons. The normalized spacial score (nSPS) is 24.1. The van der Waals surface area contributed by atoms with E-state index in [1.165, 1.54) is 0 Å². The van der Waals surface area contributed by atoms with Crippen molar-refractivity contribution in [3.63, 3.8) is 0 Å². The Kier molecular flexibility index (Phi) is 5.58. The van der Waals surface area contributed by atoms with Crippen LogP contribution >= 0.6 is 0 Å². The molecule has 0 bridgehead atoms. The van der Waals surface area contributed by atoms with Gasteiger partial charge in [0.1, 0.15) is 11.5 Å². The van der Waals surface area contributed by atoms with Gasteiger partial charge in [0.25, 0.3) is 0 Å². The number of amides is 1. The first-order valence-electron chi connectivity index (χ1n) is 8.66. The molecule has 2 N–H and O–H groups in total. The largest absolute Gasteiger partial charge is 0.497 e. The van der Waals surface area contributed by atoms with Gasteiger partial charge in [-0.3, -0.25) is 9.69 Å². The van der Waals surface area contributed by atoms with E-state index < -0.39 is 0 Å². The van der Waals surface area contributed by atoms with E-state index in [9.17, 15) is 4.79 Å². The fraction of sp³-hybridized carbons (Fsp3) is 0.611. The summed E-state index contributed by atoms with van der Waals surface area (Å²) in [6, 6.07) is 6.20. The van der Waals surface area contributed by atoms with E-state index in [4.69, 9.17) is 9.47 Å². The summed E-state index contributed by atoms with van der Waals surface area (Å²) in [7, 11) is 3.33. The van der Waals surface area contributed by atoms with Crippen molar-refractivity contribution in [2.24, 2.45) is 0 Å². The summed E-state index contributed by atoms with van der Waals surface area (Å²) >= 11 is 0. The van der Waals surface area contributed by atoms with Crippen molar-refractivity contribution in [3.8, 4) is 11.5 Å². The first-order chi connectivity index (χ1) is 11.7. The lowest BCUT2D eigenvalue weighted by Gasteiger charge is -2.19. The maximum Gasteiger partial charge on any atom is 0.237 e. The highest BCUT2D eigenvalue weighted by Crippen LogP contribution is 2.24. The third-order valence-corrected chi connectivity index (χ3v) is 4.81. The highest BCUT2D eigenvalue weighted by molar-refractivity contribution is 5.82. The number of carbonyl (C=O) groups excluding carboxylic acids is 1. The lowest BCUT2D eigenvalue weighted by Crippen LogP contribution is -2.46. The number of likely N-dealkylation sites (tertiary alicyclic amines) is 1. The standard InChI is InChI=1S/C18H27N3O3/c1-23-15-8-13(9-16(10-15)24-2)11-21-7-5-14(12-21)20-18(22)17-4-3-6-19-17/h8-10,14,17,19H,3-7,11-12H2,1-2H3,(H,20,22). The molecular formula is C18H27N3O3. The van der Waals surface area contributed by atoms with Crippen molar-refractivity contribution in [2.45, 2.75) is 37.9 Å². The Morgan fingerprint density at radius 3 is 2.62 bits per heavy atom. The maximum atomic E-state index is 12.2. The van der Waals surface area contributed by atoms with Gasteiger partial charge in [-0.1, -0.05) is 0 Å². The minimum absolute atomic E-state index is 0.00157. The van der Waals surface area contributed by atoms with Gasteiger partial charge in [0.15, 0.2) is 0 Å². The fourth-order valence-electron chi connectivity index (χ4n) is 3.52. The predicted molar refractivity (Wildman–Crippen MR) is 92.4 cm³/mol. The topological polar surface area (TPSA) is 62.8 Å². The average Bonchev–Trinajstić information content (AvgIpc) is 3.26. The van der Waals surface area contributed by atoms with E-state index in [2.05, 4.69) is 15.5 Å². The molecule has 2 heterocycles. The maximum absolute atomic E-state index is 12.2. The number of methoxy groups -OCH3 is 2. The van der Waals surface area contributed by atoms with E-state index in [0.717, 1.165) is 62.5 Å². The first-order valence-corrected chi connectivity index (χ1v) is 8.66. The Balaban J connectivity index is 1.53. The molecule has 1 aromatic rings. The van der Waals surface area contributed by atoms with Crippen molar-refractivity contribution < 1.29 is 14.3 Å². The monoisotopic (exact) mass is 333 g/mol. The molecule has 6 nitrogen and oxygen atoms in total. The first kappa shape index (κ1) is 17.0. The highest BCUT2D eigenvalue weighted by Gasteiger charge is 2.28. The van der Waals surface area contributed by atoms with Crippen LogP contribution in [0, 0.1) is 0 Å². The molecule has 2 unspecified atom stereocenters. The SMILES string of the molecule is COc1cc(CN2CCC(NC(=O)C3CCCN3)C2)cc(OC)c1. The zero-order valence-electron chi connectivity index (χ0n) is 14.5. The van der Waals surface area contributed by atoms with Gasteiger partial charge in [0.05, 0.1) is 20.3 Å². The molecule has 1 aromatic carbocycles. The van der Waals surface area contributed by atoms with Crippen molar-refractivity contribution >= 4 is 5.91 Å². The molecular weight excluding hydrogens is 306 g/mol. The Hall–Kier alpha value is -1.79. The molecule has 0 spiro atoms. The number of carbonyl (C=O) groups is 1. The summed E-state index contributed by atoms with van der Waals surface area (Å²) in [5, 5.41) is 6.44. The Labute approximate surface area is 143 Å². The summed E-state index contributed by atoms with van der Waals surface area (Å²) in [4.78, 5) is 14.6. The molecule has 2 saturated heterocycles. The fourth-order valence-corrected chi connectivity index (χ4v) is 3.52. The van der Waals surface area contributed by atoms with Crippen LogP contribution < -0.4 is 20.1 Å². The van der Waals surface area contributed by atoms with Crippen LogP contribution in [0.25, 0.3) is 0 Å². The van der Waals surface area contributed by atoms with Gasteiger partial charge in [0.2, 0.25) is 5.91 Å². The quantitative estimate of drug-likeness (QED) is 0.818. The smallest absolute Gasteiger partial charge is 0.237 e. The number of nitrogens with one attached hydrogen (secondary N) is 2. The van der Waals surface area contributed by atoms with E-state index in [-0.39, 0.29) is 18.0 Å². The van der Waals surface area contributed by atoms with Crippen LogP contribution in [0.5, 0.6) is 11.5 Å². The molecule has 2 aliphatic rings. The number of nitrogens with zero attached hydrogens (tertiary/aromatic N) is 1. The van der Waals surface area contributed by atoms with E-state index in [1.807, 2.05) is 18.2 Å². The molecule has 2 atom stereocenters. The Bertz CT molecular complexity index is 550. The van der Waals surface area contributed by atoms with E-state index >= 15 is 0 Å². The lowest BCUT2D eigenvalue weighted by atomic mass is 10.2. The van der Waals surface area contributed by atoms with Crippen LogP contribution in [0.3, 0.4) is 0 Å². The van der Waals surface area contributed by atoms with Gasteiger partial charge in [0, 0.05) is 31.7 Å². The van der Waals surface area contributed by atoms with Crippen LogP contribution in [-0.4, -0.2) is 56.7 Å². The molecule has 1 amide bonds. The van der Waals surface area contributed by atoms with Gasteiger partial charge in [-0.15, -0.1) is 0 Å². The molecule has 3 rings (SSSR count). The third kappa shape index (κ3) is 4.19.